The van der Waals surface area contributed by atoms with Crippen molar-refractivity contribution in [2.45, 2.75) is 18.3 Å². The van der Waals surface area contributed by atoms with Gasteiger partial charge in [0.2, 0.25) is 11.7 Å². The molecule has 0 bridgehead atoms. The lowest BCUT2D eigenvalue weighted by molar-refractivity contribution is 0.378. The molecule has 1 aliphatic carbocycles. The van der Waals surface area contributed by atoms with E-state index in [4.69, 9.17) is 4.52 Å². The van der Waals surface area contributed by atoms with E-state index < -0.39 is 11.6 Å². The number of halogens is 2. The van der Waals surface area contributed by atoms with E-state index >= 15 is 0 Å². The van der Waals surface area contributed by atoms with Crippen molar-refractivity contribution in [2.75, 3.05) is 19.0 Å². The Morgan fingerprint density at radius 3 is 2.64 bits per heavy atom. The van der Waals surface area contributed by atoms with Gasteiger partial charge in [-0.15, -0.1) is 0 Å². The van der Waals surface area contributed by atoms with Gasteiger partial charge in [-0.1, -0.05) is 11.2 Å². The third kappa shape index (κ3) is 2.97. The quantitative estimate of drug-likeness (QED) is 0.723. The predicted molar refractivity (Wildman–Crippen MR) is 88.3 cm³/mol. The Hall–Kier alpha value is -2.83. The fraction of sp³-hybridized carbons (Fsp3) is 0.278. The summed E-state index contributed by atoms with van der Waals surface area (Å²) < 4.78 is 32.3. The molecule has 7 heteroatoms. The number of hydrogen-bond donors (Lipinski definition) is 0. The minimum absolute atomic E-state index is 0.0322. The summed E-state index contributed by atoms with van der Waals surface area (Å²) in [6.45, 7) is 0. The van der Waals surface area contributed by atoms with Crippen LogP contribution in [0.15, 0.2) is 41.1 Å². The molecule has 25 heavy (non-hydrogen) atoms. The maximum atomic E-state index is 13.9. The molecule has 0 unspecified atom stereocenters. The van der Waals surface area contributed by atoms with Crippen LogP contribution in [0.25, 0.3) is 11.4 Å². The number of nitrogens with zero attached hydrogens (tertiary/aromatic N) is 4. The maximum Gasteiger partial charge on any atom is 0.230 e. The number of rotatable bonds is 4. The molecule has 0 spiro atoms. The number of hydrogen-bond acceptors (Lipinski definition) is 5. The molecule has 2 aromatic heterocycles. The van der Waals surface area contributed by atoms with Crippen molar-refractivity contribution in [3.63, 3.8) is 0 Å². The second-order valence-electron chi connectivity index (χ2n) is 6.37. The lowest BCUT2D eigenvalue weighted by Crippen LogP contribution is -2.10. The third-order valence-corrected chi connectivity index (χ3v) is 4.38. The molecule has 0 N–H and O–H groups in total. The first-order valence-electron chi connectivity index (χ1n) is 7.95. The molecule has 1 saturated carbocycles. The number of anilines is 1. The third-order valence-electron chi connectivity index (χ3n) is 4.38. The van der Waals surface area contributed by atoms with Crippen LogP contribution in [0.5, 0.6) is 0 Å². The van der Waals surface area contributed by atoms with Crippen molar-refractivity contribution in [2.24, 2.45) is 0 Å². The van der Waals surface area contributed by atoms with Gasteiger partial charge < -0.3 is 9.42 Å². The van der Waals surface area contributed by atoms with E-state index in [1.54, 1.807) is 6.20 Å². The Bertz CT molecular complexity index is 908. The Balaban J connectivity index is 1.52. The summed E-state index contributed by atoms with van der Waals surface area (Å²) in [4.78, 5) is 10.6. The minimum atomic E-state index is -0.577. The second kappa shape index (κ2) is 5.91. The minimum Gasteiger partial charge on any atom is -0.363 e. The smallest absolute Gasteiger partial charge is 0.230 e. The zero-order valence-electron chi connectivity index (χ0n) is 13.8. The topological polar surface area (TPSA) is 55.1 Å². The van der Waals surface area contributed by atoms with Crippen molar-refractivity contribution in [3.05, 3.63) is 59.6 Å². The molecule has 4 rings (SSSR count). The van der Waals surface area contributed by atoms with Gasteiger partial charge in [-0.3, -0.25) is 0 Å². The molecule has 5 nitrogen and oxygen atoms in total. The van der Waals surface area contributed by atoms with E-state index in [1.807, 2.05) is 31.1 Å². The Morgan fingerprint density at radius 1 is 1.12 bits per heavy atom. The van der Waals surface area contributed by atoms with E-state index in [-0.39, 0.29) is 11.8 Å². The molecule has 2 atom stereocenters. The standard InChI is InChI=1S/C18H16F2N4O/c1-24(2)16-6-3-10(9-21-16)17-22-18(25-23-17)14-8-13(14)12-5-4-11(19)7-15(12)20/h3-7,9,13-14H,8H2,1-2H3/t13-,14+/m1/s1. The van der Waals surface area contributed by atoms with Crippen LogP contribution >= 0.6 is 0 Å². The predicted octanol–water partition coefficient (Wildman–Crippen LogP) is 3.75. The average Bonchev–Trinajstić information content (AvgIpc) is 3.22. The van der Waals surface area contributed by atoms with Crippen LogP contribution in [-0.4, -0.2) is 29.2 Å². The average molecular weight is 342 g/mol. The highest BCUT2D eigenvalue weighted by Gasteiger charge is 2.45. The summed E-state index contributed by atoms with van der Waals surface area (Å²) in [5, 5.41) is 3.99. The normalized spacial score (nSPS) is 19.0. The number of aromatic nitrogens is 3. The molecule has 1 aromatic carbocycles. The molecule has 0 amide bonds. The summed E-state index contributed by atoms with van der Waals surface area (Å²) in [6, 6.07) is 7.41. The van der Waals surface area contributed by atoms with E-state index in [2.05, 4.69) is 15.1 Å². The van der Waals surface area contributed by atoms with Gasteiger partial charge in [0.1, 0.15) is 17.5 Å². The van der Waals surface area contributed by atoms with E-state index in [1.165, 1.54) is 12.1 Å². The summed E-state index contributed by atoms with van der Waals surface area (Å²) >= 11 is 0. The van der Waals surface area contributed by atoms with Crippen molar-refractivity contribution in [1.29, 1.82) is 0 Å². The van der Waals surface area contributed by atoms with Crippen molar-refractivity contribution in [3.8, 4) is 11.4 Å². The van der Waals surface area contributed by atoms with Gasteiger partial charge in [-0.05, 0) is 36.1 Å². The van der Waals surface area contributed by atoms with E-state index in [0.29, 0.717) is 23.7 Å². The molecule has 128 valence electrons. The fourth-order valence-electron chi connectivity index (χ4n) is 2.90. The van der Waals surface area contributed by atoms with Gasteiger partial charge in [0, 0.05) is 37.8 Å². The van der Waals surface area contributed by atoms with Gasteiger partial charge in [-0.25, -0.2) is 13.8 Å². The Morgan fingerprint density at radius 2 is 1.96 bits per heavy atom. The monoisotopic (exact) mass is 342 g/mol. The van der Waals surface area contributed by atoms with Gasteiger partial charge in [0.15, 0.2) is 0 Å². The largest absolute Gasteiger partial charge is 0.363 e. The molecule has 0 saturated heterocycles. The van der Waals surface area contributed by atoms with Crippen molar-refractivity contribution in [1.82, 2.24) is 15.1 Å². The SMILES string of the molecule is CN(C)c1ccc(-c2noc([C@H]3C[C@@H]3c3ccc(F)cc3F)n2)cn1. The van der Waals surface area contributed by atoms with Gasteiger partial charge >= 0.3 is 0 Å². The van der Waals surface area contributed by atoms with Crippen LogP contribution in [0.4, 0.5) is 14.6 Å². The Labute approximate surface area is 143 Å². The van der Waals surface area contributed by atoms with Crippen LogP contribution in [0.3, 0.4) is 0 Å². The lowest BCUT2D eigenvalue weighted by Gasteiger charge is -2.10. The molecule has 0 radical (unpaired) electrons. The molecule has 2 heterocycles. The van der Waals surface area contributed by atoms with Gasteiger partial charge in [-0.2, -0.15) is 4.98 Å². The highest BCUT2D eigenvalue weighted by molar-refractivity contribution is 5.55. The summed E-state index contributed by atoms with van der Waals surface area (Å²) in [5.74, 6) is 0.571. The summed E-state index contributed by atoms with van der Waals surface area (Å²) in [5.41, 5.74) is 1.24. The van der Waals surface area contributed by atoms with Crippen molar-refractivity contribution >= 4 is 5.82 Å². The molecule has 0 aliphatic heterocycles. The van der Waals surface area contributed by atoms with Gasteiger partial charge in [0.25, 0.3) is 0 Å². The first kappa shape index (κ1) is 15.7. The van der Waals surface area contributed by atoms with Crippen LogP contribution in [0.1, 0.15) is 29.7 Å². The maximum absolute atomic E-state index is 13.9. The van der Waals surface area contributed by atoms with Crippen LogP contribution in [-0.2, 0) is 0 Å². The number of benzene rings is 1. The fourth-order valence-corrected chi connectivity index (χ4v) is 2.90. The van der Waals surface area contributed by atoms with Crippen LogP contribution < -0.4 is 4.90 Å². The first-order chi connectivity index (χ1) is 12.0. The molecule has 1 aliphatic rings. The zero-order valence-corrected chi connectivity index (χ0v) is 13.8. The molecule has 3 aromatic rings. The lowest BCUT2D eigenvalue weighted by atomic mass is 10.1. The first-order valence-corrected chi connectivity index (χ1v) is 7.95. The highest BCUT2D eigenvalue weighted by Crippen LogP contribution is 2.54. The van der Waals surface area contributed by atoms with E-state index in [9.17, 15) is 8.78 Å². The van der Waals surface area contributed by atoms with Gasteiger partial charge in [0.05, 0.1) is 0 Å². The highest BCUT2D eigenvalue weighted by atomic mass is 19.1. The number of pyridine rings is 1. The zero-order chi connectivity index (χ0) is 17.6. The summed E-state index contributed by atoms with van der Waals surface area (Å²) in [6.07, 6.45) is 2.40. The molecule has 1 fully saturated rings. The van der Waals surface area contributed by atoms with E-state index in [0.717, 1.165) is 17.4 Å². The molecular weight excluding hydrogens is 326 g/mol. The van der Waals surface area contributed by atoms with Crippen molar-refractivity contribution < 1.29 is 13.3 Å². The molecular formula is C18H16F2N4O. The van der Waals surface area contributed by atoms with Crippen LogP contribution in [0.2, 0.25) is 0 Å². The van der Waals surface area contributed by atoms with Crippen LogP contribution in [0, 0.1) is 11.6 Å². The Kier molecular flexibility index (Phi) is 3.71. The second-order valence-corrected chi connectivity index (χ2v) is 6.37. The summed E-state index contributed by atoms with van der Waals surface area (Å²) in [7, 11) is 3.83.